The van der Waals surface area contributed by atoms with Crippen LogP contribution in [0.3, 0.4) is 0 Å². The number of aryl methyl sites for hydroxylation is 1. The molecule has 1 atom stereocenters. The van der Waals surface area contributed by atoms with Gasteiger partial charge < -0.3 is 4.90 Å². The van der Waals surface area contributed by atoms with E-state index < -0.39 is 0 Å². The van der Waals surface area contributed by atoms with Gasteiger partial charge in [0.15, 0.2) is 0 Å². The predicted molar refractivity (Wildman–Crippen MR) is 109 cm³/mol. The number of carbonyl (C=O) groups excluding carboxylic acids is 1. The highest BCUT2D eigenvalue weighted by Gasteiger charge is 2.22. The van der Waals surface area contributed by atoms with Gasteiger partial charge in [-0.3, -0.25) is 9.48 Å². The number of thiophene rings is 1. The van der Waals surface area contributed by atoms with Crippen molar-refractivity contribution in [3.8, 4) is 0 Å². The minimum absolute atomic E-state index is 0.0529. The lowest BCUT2D eigenvalue weighted by Crippen LogP contribution is -2.35. The molecule has 2 aromatic heterocycles. The summed E-state index contributed by atoms with van der Waals surface area (Å²) in [6, 6.07) is 8.58. The topological polar surface area (TPSA) is 38.1 Å². The van der Waals surface area contributed by atoms with Crippen LogP contribution in [0.1, 0.15) is 48.1 Å². The smallest absolute Gasteiger partial charge is 0.264 e. The molecule has 0 saturated carbocycles. The Morgan fingerprint density at radius 2 is 1.93 bits per heavy atom. The van der Waals surface area contributed by atoms with Gasteiger partial charge in [-0.05, 0) is 49.9 Å². The quantitative estimate of drug-likeness (QED) is 0.590. The molecule has 0 aliphatic carbocycles. The molecule has 0 bridgehead atoms. The normalized spacial score (nSPS) is 12.7. The largest absolute Gasteiger partial charge is 0.338 e. The van der Waals surface area contributed by atoms with E-state index in [1.54, 1.807) is 12.1 Å². The second kappa shape index (κ2) is 7.80. The summed E-state index contributed by atoms with van der Waals surface area (Å²) in [5.41, 5.74) is 1.88. The second-order valence-electron chi connectivity index (χ2n) is 7.59. The van der Waals surface area contributed by atoms with Crippen LogP contribution in [-0.2, 0) is 6.54 Å². The van der Waals surface area contributed by atoms with Gasteiger partial charge in [-0.15, -0.1) is 11.3 Å². The molecule has 0 fully saturated rings. The summed E-state index contributed by atoms with van der Waals surface area (Å²) in [7, 11) is 1.87. The molecule has 27 heavy (non-hydrogen) atoms. The van der Waals surface area contributed by atoms with Gasteiger partial charge in [-0.2, -0.15) is 5.10 Å². The Morgan fingerprint density at radius 3 is 2.56 bits per heavy atom. The van der Waals surface area contributed by atoms with E-state index in [1.807, 2.05) is 29.6 Å². The van der Waals surface area contributed by atoms with Crippen LogP contribution in [0, 0.1) is 18.7 Å². The van der Waals surface area contributed by atoms with Crippen molar-refractivity contribution >= 4 is 27.5 Å². The first kappa shape index (κ1) is 19.5. The molecule has 1 aromatic carbocycles. The van der Waals surface area contributed by atoms with E-state index in [-0.39, 0.29) is 17.8 Å². The molecule has 4 nitrogen and oxygen atoms in total. The third-order valence-electron chi connectivity index (χ3n) is 4.86. The van der Waals surface area contributed by atoms with E-state index in [9.17, 15) is 9.18 Å². The molecule has 1 unspecified atom stereocenters. The van der Waals surface area contributed by atoms with Crippen molar-refractivity contribution in [1.82, 2.24) is 14.7 Å². The van der Waals surface area contributed by atoms with E-state index >= 15 is 0 Å². The van der Waals surface area contributed by atoms with Gasteiger partial charge >= 0.3 is 0 Å². The van der Waals surface area contributed by atoms with Crippen LogP contribution in [0.5, 0.6) is 0 Å². The maximum Gasteiger partial charge on any atom is 0.264 e. The second-order valence-corrected chi connectivity index (χ2v) is 8.62. The highest BCUT2D eigenvalue weighted by molar-refractivity contribution is 7.20. The fourth-order valence-corrected chi connectivity index (χ4v) is 4.45. The number of amides is 1. The van der Waals surface area contributed by atoms with Crippen molar-refractivity contribution < 1.29 is 9.18 Å². The van der Waals surface area contributed by atoms with Gasteiger partial charge in [-0.25, -0.2) is 4.39 Å². The number of nitrogens with zero attached hydrogens (tertiary/aromatic N) is 3. The lowest BCUT2D eigenvalue weighted by Gasteiger charge is -2.25. The van der Waals surface area contributed by atoms with Gasteiger partial charge in [0, 0.05) is 18.5 Å². The Kier molecular flexibility index (Phi) is 5.65. The molecule has 0 saturated heterocycles. The number of hydrogen-bond donors (Lipinski definition) is 0. The molecule has 144 valence electrons. The van der Waals surface area contributed by atoms with E-state index in [0.717, 1.165) is 32.8 Å². The fraction of sp³-hybridized carbons (Fsp3) is 0.429. The lowest BCUT2D eigenvalue weighted by molar-refractivity contribution is 0.0733. The van der Waals surface area contributed by atoms with Crippen LogP contribution >= 0.6 is 11.3 Å². The van der Waals surface area contributed by atoms with Crippen LogP contribution in [0.15, 0.2) is 30.3 Å². The third-order valence-corrected chi connectivity index (χ3v) is 5.99. The Bertz CT molecular complexity index is 942. The lowest BCUT2D eigenvalue weighted by atomic mass is 10.0. The average Bonchev–Trinajstić information content (AvgIpc) is 3.17. The molecule has 1 amide bonds. The van der Waals surface area contributed by atoms with E-state index in [1.165, 1.54) is 23.5 Å². The van der Waals surface area contributed by atoms with Crippen molar-refractivity contribution in [3.63, 3.8) is 0 Å². The maximum atomic E-state index is 13.1. The first-order valence-corrected chi connectivity index (χ1v) is 10.1. The number of carbonyl (C=O) groups is 1. The number of halogens is 1. The zero-order valence-corrected chi connectivity index (χ0v) is 17.3. The van der Waals surface area contributed by atoms with Crippen LogP contribution < -0.4 is 0 Å². The fourth-order valence-electron chi connectivity index (χ4n) is 3.30. The molecular formula is C21H26FN3OS. The molecule has 0 radical (unpaired) electrons. The van der Waals surface area contributed by atoms with Crippen molar-refractivity contribution in [2.45, 2.75) is 46.7 Å². The monoisotopic (exact) mass is 387 g/mol. The van der Waals surface area contributed by atoms with Crippen molar-refractivity contribution in [2.24, 2.45) is 5.92 Å². The molecule has 3 aromatic rings. The molecular weight excluding hydrogens is 361 g/mol. The summed E-state index contributed by atoms with van der Waals surface area (Å²) in [4.78, 5) is 16.5. The summed E-state index contributed by atoms with van der Waals surface area (Å²) in [5.74, 6) is 0.351. The van der Waals surface area contributed by atoms with Crippen LogP contribution in [0.2, 0.25) is 0 Å². The SMILES string of the molecule is Cc1nn(Cc2ccc(F)cc2)c2sc(C(=O)N(C)C(C)CC(C)C)cc12. The van der Waals surface area contributed by atoms with Crippen LogP contribution in [-0.4, -0.2) is 33.7 Å². The molecule has 2 heterocycles. The highest BCUT2D eigenvalue weighted by Crippen LogP contribution is 2.30. The Balaban J connectivity index is 1.86. The standard InChI is InChI=1S/C21H26FN3OS/c1-13(2)10-14(3)24(5)20(26)19-11-18-15(4)23-25(21(18)27-19)12-16-6-8-17(22)9-7-16/h6-9,11,13-14H,10,12H2,1-5H3. The number of aromatic nitrogens is 2. The number of fused-ring (bicyclic) bond motifs is 1. The summed E-state index contributed by atoms with van der Waals surface area (Å²) in [6.45, 7) is 8.93. The first-order valence-electron chi connectivity index (χ1n) is 9.24. The first-order chi connectivity index (χ1) is 12.8. The molecule has 0 N–H and O–H groups in total. The van der Waals surface area contributed by atoms with Gasteiger partial charge in [0.2, 0.25) is 0 Å². The van der Waals surface area contributed by atoms with Gasteiger partial charge in [0.1, 0.15) is 10.6 Å². The summed E-state index contributed by atoms with van der Waals surface area (Å²) in [6.07, 6.45) is 0.977. The number of hydrogen-bond acceptors (Lipinski definition) is 3. The summed E-state index contributed by atoms with van der Waals surface area (Å²) >= 11 is 1.48. The minimum atomic E-state index is -0.247. The predicted octanol–water partition coefficient (Wildman–Crippen LogP) is 5.10. The molecule has 0 aliphatic heterocycles. The van der Waals surface area contributed by atoms with E-state index in [0.29, 0.717) is 12.5 Å². The summed E-state index contributed by atoms with van der Waals surface area (Å²) < 4.78 is 15.0. The van der Waals surface area contributed by atoms with Crippen LogP contribution in [0.4, 0.5) is 4.39 Å². The zero-order valence-electron chi connectivity index (χ0n) is 16.5. The van der Waals surface area contributed by atoms with Crippen molar-refractivity contribution in [3.05, 3.63) is 52.3 Å². The molecule has 3 rings (SSSR count). The Morgan fingerprint density at radius 1 is 1.26 bits per heavy atom. The van der Waals surface area contributed by atoms with Gasteiger partial charge in [-0.1, -0.05) is 26.0 Å². The van der Waals surface area contributed by atoms with Gasteiger partial charge in [0.05, 0.1) is 17.1 Å². The average molecular weight is 388 g/mol. The van der Waals surface area contributed by atoms with Crippen molar-refractivity contribution in [2.75, 3.05) is 7.05 Å². The van der Waals surface area contributed by atoms with Crippen LogP contribution in [0.25, 0.3) is 10.2 Å². The minimum Gasteiger partial charge on any atom is -0.338 e. The zero-order chi connectivity index (χ0) is 19.7. The Labute approximate surface area is 163 Å². The maximum absolute atomic E-state index is 13.1. The highest BCUT2D eigenvalue weighted by atomic mass is 32.1. The van der Waals surface area contributed by atoms with E-state index in [2.05, 4.69) is 25.9 Å². The van der Waals surface area contributed by atoms with Crippen molar-refractivity contribution in [1.29, 1.82) is 0 Å². The number of benzene rings is 1. The number of rotatable bonds is 6. The third kappa shape index (κ3) is 4.21. The molecule has 0 aliphatic rings. The van der Waals surface area contributed by atoms with E-state index in [4.69, 9.17) is 0 Å². The van der Waals surface area contributed by atoms with Gasteiger partial charge in [0.25, 0.3) is 5.91 Å². The summed E-state index contributed by atoms with van der Waals surface area (Å²) in [5, 5.41) is 5.61. The molecule has 6 heteroatoms. The Hall–Kier alpha value is -2.21. The molecule has 0 spiro atoms.